The van der Waals surface area contributed by atoms with Crippen molar-refractivity contribution >= 4 is 5.97 Å². The molecule has 0 radical (unpaired) electrons. The van der Waals surface area contributed by atoms with E-state index in [1.165, 1.54) is 23.1 Å². The van der Waals surface area contributed by atoms with Gasteiger partial charge in [0.15, 0.2) is 11.5 Å². The summed E-state index contributed by atoms with van der Waals surface area (Å²) < 4.78 is 10.2. The van der Waals surface area contributed by atoms with Crippen molar-refractivity contribution in [2.75, 3.05) is 0 Å². The lowest BCUT2D eigenvalue weighted by molar-refractivity contribution is -0.133. The molecular weight excluding hydrogens is 364 g/mol. The first kappa shape index (κ1) is 22.8. The van der Waals surface area contributed by atoms with E-state index in [9.17, 15) is 9.90 Å². The summed E-state index contributed by atoms with van der Waals surface area (Å²) in [5, 5.41) is 9.88. The van der Waals surface area contributed by atoms with Gasteiger partial charge in [-0.25, -0.2) is 4.79 Å². The first-order valence-electron chi connectivity index (χ1n) is 10.5. The van der Waals surface area contributed by atoms with Gasteiger partial charge >= 0.3 is 5.97 Å². The molecule has 4 nitrogen and oxygen atoms in total. The summed E-state index contributed by atoms with van der Waals surface area (Å²) in [5.41, 5.74) is 4.41. The van der Waals surface area contributed by atoms with Gasteiger partial charge in [-0.05, 0) is 89.3 Å². The molecule has 2 rings (SSSR count). The second kappa shape index (κ2) is 11.5. The topological polar surface area (TPSA) is 59.7 Å². The molecule has 0 fully saturated rings. The summed E-state index contributed by atoms with van der Waals surface area (Å²) in [7, 11) is 0. The summed E-state index contributed by atoms with van der Waals surface area (Å²) in [6, 6.07) is 2.02. The maximum Gasteiger partial charge on any atom is 0.343 e. The molecule has 0 aromatic carbocycles. The van der Waals surface area contributed by atoms with Crippen LogP contribution in [0, 0.1) is 5.92 Å². The summed E-state index contributed by atoms with van der Waals surface area (Å²) >= 11 is 0. The fourth-order valence-corrected chi connectivity index (χ4v) is 3.32. The molecule has 1 N–H and O–H groups in total. The summed E-state index contributed by atoms with van der Waals surface area (Å²) in [6.07, 6.45) is 17.5. The lowest BCUT2D eigenvalue weighted by Gasteiger charge is -2.07. The number of ether oxygens (including phenoxy) is 1. The van der Waals surface area contributed by atoms with Gasteiger partial charge in [-0.1, -0.05) is 30.2 Å². The molecule has 29 heavy (non-hydrogen) atoms. The van der Waals surface area contributed by atoms with Crippen LogP contribution in [0.5, 0.6) is 0 Å². The van der Waals surface area contributed by atoms with Gasteiger partial charge in [-0.15, -0.1) is 0 Å². The Morgan fingerprint density at radius 3 is 2.45 bits per heavy atom. The summed E-state index contributed by atoms with van der Waals surface area (Å²) in [5.74, 6) is 0.0512. The van der Waals surface area contributed by atoms with Crippen LogP contribution in [0.25, 0.3) is 0 Å². The van der Waals surface area contributed by atoms with Crippen LogP contribution < -0.4 is 0 Å². The number of furan rings is 1. The fraction of sp³-hybridized carbons (Fsp3) is 0.480. The Labute approximate surface area is 174 Å². The van der Waals surface area contributed by atoms with E-state index in [1.54, 1.807) is 13.2 Å². The van der Waals surface area contributed by atoms with Gasteiger partial charge in [0.25, 0.3) is 0 Å². The molecule has 0 saturated carbocycles. The maximum atomic E-state index is 11.4. The molecule has 1 atom stereocenters. The lowest BCUT2D eigenvalue weighted by atomic mass is 10.0. The SMILES string of the molecule is CC(=CCCc1ccoc1)CCC/C(C)=C/CC[C@@H](C)/C=C1\OC(=O)C(C)=C1O. The van der Waals surface area contributed by atoms with Crippen molar-refractivity contribution in [1.29, 1.82) is 0 Å². The van der Waals surface area contributed by atoms with Crippen LogP contribution in [-0.4, -0.2) is 11.1 Å². The number of rotatable bonds is 11. The third kappa shape index (κ3) is 7.80. The molecule has 1 aliphatic heterocycles. The van der Waals surface area contributed by atoms with Crippen molar-refractivity contribution < 1.29 is 19.1 Å². The highest BCUT2D eigenvalue weighted by Crippen LogP contribution is 2.26. The minimum absolute atomic E-state index is 0.0261. The van der Waals surface area contributed by atoms with Gasteiger partial charge in [-0.2, -0.15) is 0 Å². The number of aryl methyl sites for hydroxylation is 1. The zero-order valence-corrected chi connectivity index (χ0v) is 18.2. The predicted molar refractivity (Wildman–Crippen MR) is 116 cm³/mol. The number of cyclic esters (lactones) is 1. The molecule has 0 aliphatic carbocycles. The van der Waals surface area contributed by atoms with Gasteiger partial charge in [0.2, 0.25) is 0 Å². The number of aliphatic hydroxyl groups is 1. The molecule has 1 aromatic heterocycles. The zero-order chi connectivity index (χ0) is 21.2. The molecule has 0 bridgehead atoms. The lowest BCUT2D eigenvalue weighted by Crippen LogP contribution is -1.97. The van der Waals surface area contributed by atoms with E-state index in [1.807, 2.05) is 18.4 Å². The Bertz CT molecular complexity index is 791. The van der Waals surface area contributed by atoms with Gasteiger partial charge in [0.1, 0.15) is 0 Å². The van der Waals surface area contributed by atoms with Crippen LogP contribution in [0.15, 0.2) is 69.5 Å². The van der Waals surface area contributed by atoms with Gasteiger partial charge < -0.3 is 14.3 Å². The number of aliphatic hydroxyl groups excluding tert-OH is 1. The van der Waals surface area contributed by atoms with Crippen molar-refractivity contribution in [3.8, 4) is 0 Å². The van der Waals surface area contributed by atoms with Crippen molar-refractivity contribution in [3.05, 3.63) is 70.6 Å². The van der Waals surface area contributed by atoms with E-state index in [0.29, 0.717) is 5.76 Å². The highest BCUT2D eigenvalue weighted by molar-refractivity contribution is 5.93. The molecule has 0 spiro atoms. The van der Waals surface area contributed by atoms with Gasteiger partial charge in [0, 0.05) is 0 Å². The number of esters is 1. The van der Waals surface area contributed by atoms with Crippen LogP contribution in [0.4, 0.5) is 0 Å². The largest absolute Gasteiger partial charge is 0.504 e. The quantitative estimate of drug-likeness (QED) is 0.323. The van der Waals surface area contributed by atoms with Crippen molar-refractivity contribution in [3.63, 3.8) is 0 Å². The van der Waals surface area contributed by atoms with Crippen LogP contribution >= 0.6 is 0 Å². The van der Waals surface area contributed by atoms with E-state index in [-0.39, 0.29) is 17.3 Å². The third-order valence-electron chi connectivity index (χ3n) is 5.30. The number of hydrogen-bond donors (Lipinski definition) is 1. The van der Waals surface area contributed by atoms with Crippen molar-refractivity contribution in [1.82, 2.24) is 0 Å². The number of allylic oxidation sites excluding steroid dienone is 5. The molecule has 0 unspecified atom stereocenters. The monoisotopic (exact) mass is 398 g/mol. The zero-order valence-electron chi connectivity index (χ0n) is 18.2. The summed E-state index contributed by atoms with van der Waals surface area (Å²) in [4.78, 5) is 11.4. The minimum Gasteiger partial charge on any atom is -0.504 e. The highest BCUT2D eigenvalue weighted by Gasteiger charge is 2.26. The predicted octanol–water partition coefficient (Wildman–Crippen LogP) is 6.96. The van der Waals surface area contributed by atoms with Gasteiger partial charge in [-0.3, -0.25) is 0 Å². The van der Waals surface area contributed by atoms with Crippen LogP contribution in [-0.2, 0) is 16.0 Å². The van der Waals surface area contributed by atoms with Gasteiger partial charge in [0.05, 0.1) is 18.1 Å². The first-order valence-corrected chi connectivity index (χ1v) is 10.5. The molecule has 1 aromatic rings. The van der Waals surface area contributed by atoms with Crippen molar-refractivity contribution in [2.24, 2.45) is 5.92 Å². The number of carbonyl (C=O) groups excluding carboxylic acids is 1. The molecule has 4 heteroatoms. The third-order valence-corrected chi connectivity index (χ3v) is 5.30. The molecule has 158 valence electrons. The Hall–Kier alpha value is -2.49. The molecule has 0 amide bonds. The second-order valence-electron chi connectivity index (χ2n) is 8.07. The molecule has 2 heterocycles. The Balaban J connectivity index is 1.64. The number of hydrogen-bond acceptors (Lipinski definition) is 4. The van der Waals surface area contributed by atoms with E-state index < -0.39 is 5.97 Å². The van der Waals surface area contributed by atoms with Crippen LogP contribution in [0.3, 0.4) is 0 Å². The average molecular weight is 399 g/mol. The Kier molecular flexibility index (Phi) is 9.04. The normalized spacial score (nSPS) is 17.9. The van der Waals surface area contributed by atoms with Crippen molar-refractivity contribution in [2.45, 2.75) is 72.6 Å². The smallest absolute Gasteiger partial charge is 0.343 e. The van der Waals surface area contributed by atoms with E-state index in [2.05, 4.69) is 32.9 Å². The number of carbonyl (C=O) groups is 1. The molecular formula is C25H34O4. The maximum absolute atomic E-state index is 11.4. The van der Waals surface area contributed by atoms with Crippen LogP contribution in [0.1, 0.15) is 71.8 Å². The van der Waals surface area contributed by atoms with E-state index in [4.69, 9.17) is 9.15 Å². The van der Waals surface area contributed by atoms with E-state index in [0.717, 1.165) is 38.5 Å². The second-order valence-corrected chi connectivity index (χ2v) is 8.07. The van der Waals surface area contributed by atoms with Crippen LogP contribution in [0.2, 0.25) is 0 Å². The first-order chi connectivity index (χ1) is 13.9. The summed E-state index contributed by atoms with van der Waals surface area (Å²) in [6.45, 7) is 8.05. The highest BCUT2D eigenvalue weighted by atomic mass is 16.6. The average Bonchev–Trinajstić information content (AvgIpc) is 3.27. The molecule has 0 saturated heterocycles. The minimum atomic E-state index is -0.456. The van der Waals surface area contributed by atoms with E-state index >= 15 is 0 Å². The molecule has 1 aliphatic rings. The fourth-order valence-electron chi connectivity index (χ4n) is 3.32. The Morgan fingerprint density at radius 2 is 1.86 bits per heavy atom. The Morgan fingerprint density at radius 1 is 1.17 bits per heavy atom. The standard InChI is InChI=1S/C25H34O4/c1-18(8-5-9-19(2)11-7-13-22-14-15-28-17-22)10-6-12-20(3)16-23-24(26)21(4)25(27)29-23/h10-11,14-17,20,26H,5-9,12-13H2,1-4H3/b18-10+,19-11?,23-16-/t20-/m1/s1.